The molecule has 0 saturated carbocycles. The zero-order chi connectivity index (χ0) is 16.9. The third-order valence-corrected chi connectivity index (χ3v) is 4.13. The van der Waals surface area contributed by atoms with Gasteiger partial charge in [0.05, 0.1) is 14.2 Å². The summed E-state index contributed by atoms with van der Waals surface area (Å²) in [7, 11) is 3.21. The summed E-state index contributed by atoms with van der Waals surface area (Å²) in [6.07, 6.45) is 3.10. The van der Waals surface area contributed by atoms with Gasteiger partial charge in [0.1, 0.15) is 11.8 Å². The Morgan fingerprint density at radius 2 is 1.83 bits per heavy atom. The molecule has 0 atom stereocenters. The first-order valence-corrected chi connectivity index (χ1v) is 7.89. The van der Waals surface area contributed by atoms with Crippen molar-refractivity contribution in [3.8, 4) is 17.2 Å². The van der Waals surface area contributed by atoms with Crippen molar-refractivity contribution in [3.63, 3.8) is 0 Å². The van der Waals surface area contributed by atoms with Crippen LogP contribution >= 0.6 is 0 Å². The summed E-state index contributed by atoms with van der Waals surface area (Å²) >= 11 is 0. The number of carbonyl (C=O) groups is 1. The normalized spacial score (nSPS) is 15.2. The lowest BCUT2D eigenvalue weighted by molar-refractivity contribution is 0.0579. The molecule has 3 rings (SSSR count). The third kappa shape index (κ3) is 3.29. The Kier molecular flexibility index (Phi) is 4.88. The molecule has 0 unspecified atom stereocenters. The number of hydrogen-bond donors (Lipinski definition) is 1. The third-order valence-electron chi connectivity index (χ3n) is 4.13. The van der Waals surface area contributed by atoms with Gasteiger partial charge in [-0.2, -0.15) is 5.10 Å². The van der Waals surface area contributed by atoms with Crippen molar-refractivity contribution in [2.75, 3.05) is 27.3 Å². The topological polar surface area (TPSA) is 76.7 Å². The van der Waals surface area contributed by atoms with E-state index in [0.717, 1.165) is 12.8 Å². The number of methoxy groups -OCH3 is 2. The van der Waals surface area contributed by atoms with E-state index in [9.17, 15) is 4.79 Å². The Hall–Kier alpha value is -2.70. The zero-order valence-corrected chi connectivity index (χ0v) is 13.8. The summed E-state index contributed by atoms with van der Waals surface area (Å²) in [5.74, 6) is 1.87. The van der Waals surface area contributed by atoms with Crippen molar-refractivity contribution in [2.24, 2.45) is 0 Å². The Bertz CT molecular complexity index is 657. The summed E-state index contributed by atoms with van der Waals surface area (Å²) in [6.45, 7) is 1.28. The van der Waals surface area contributed by atoms with Crippen LogP contribution in [0, 0.1) is 0 Å². The van der Waals surface area contributed by atoms with Crippen LogP contribution in [0.25, 0.3) is 0 Å². The van der Waals surface area contributed by atoms with Crippen molar-refractivity contribution in [1.82, 2.24) is 15.1 Å². The van der Waals surface area contributed by atoms with Crippen LogP contribution in [-0.4, -0.2) is 54.4 Å². The van der Waals surface area contributed by atoms with Crippen molar-refractivity contribution >= 4 is 5.91 Å². The number of piperidine rings is 1. The minimum Gasteiger partial charge on any atom is -0.493 e. The van der Waals surface area contributed by atoms with E-state index in [4.69, 9.17) is 14.2 Å². The van der Waals surface area contributed by atoms with Crippen molar-refractivity contribution < 1.29 is 19.0 Å². The molecule has 0 bridgehead atoms. The molecule has 7 nitrogen and oxygen atoms in total. The number of ether oxygens (including phenoxy) is 3. The van der Waals surface area contributed by atoms with Gasteiger partial charge in [0.2, 0.25) is 5.75 Å². The number of H-pyrrole nitrogens is 1. The first kappa shape index (κ1) is 16.2. The molecule has 1 aliphatic rings. The number of hydrogen-bond acceptors (Lipinski definition) is 5. The van der Waals surface area contributed by atoms with Crippen molar-refractivity contribution in [3.05, 3.63) is 36.2 Å². The van der Waals surface area contributed by atoms with E-state index < -0.39 is 0 Å². The van der Waals surface area contributed by atoms with Gasteiger partial charge in [-0.3, -0.25) is 9.89 Å². The molecule has 1 saturated heterocycles. The van der Waals surface area contributed by atoms with E-state index in [-0.39, 0.29) is 12.0 Å². The molecule has 1 aromatic heterocycles. The molecule has 1 N–H and O–H groups in total. The molecule has 2 heterocycles. The van der Waals surface area contributed by atoms with Crippen molar-refractivity contribution in [2.45, 2.75) is 18.9 Å². The smallest absolute Gasteiger partial charge is 0.271 e. The maximum atomic E-state index is 12.3. The predicted octanol–water partition coefficient (Wildman–Crippen LogP) is 2.11. The molecule has 7 heteroatoms. The Morgan fingerprint density at radius 3 is 2.38 bits per heavy atom. The van der Waals surface area contributed by atoms with Gasteiger partial charge < -0.3 is 19.1 Å². The standard InChI is InChI=1S/C17H21N3O4/c1-22-14-4-3-5-15(23-2)16(14)24-12-7-10-20(11-8-12)17(21)13-6-9-18-19-13/h3-6,9,12H,7-8,10-11H2,1-2H3,(H,18,19). The fraction of sp³-hybridized carbons (Fsp3) is 0.412. The number of benzene rings is 1. The fourth-order valence-corrected chi connectivity index (χ4v) is 2.82. The molecule has 0 aliphatic carbocycles. The molecule has 0 radical (unpaired) electrons. The lowest BCUT2D eigenvalue weighted by Gasteiger charge is -2.32. The number of para-hydroxylation sites is 1. The molecule has 2 aromatic rings. The predicted molar refractivity (Wildman–Crippen MR) is 87.7 cm³/mol. The highest BCUT2D eigenvalue weighted by atomic mass is 16.5. The highest BCUT2D eigenvalue weighted by Gasteiger charge is 2.26. The Labute approximate surface area is 140 Å². The van der Waals surface area contributed by atoms with Crippen LogP contribution in [-0.2, 0) is 0 Å². The lowest BCUT2D eigenvalue weighted by atomic mass is 10.1. The van der Waals surface area contributed by atoms with Crippen LogP contribution in [0.2, 0.25) is 0 Å². The number of carbonyl (C=O) groups excluding carboxylic acids is 1. The summed E-state index contributed by atoms with van der Waals surface area (Å²) in [5, 5.41) is 6.53. The summed E-state index contributed by atoms with van der Waals surface area (Å²) in [4.78, 5) is 14.1. The van der Waals surface area contributed by atoms with Gasteiger partial charge in [-0.25, -0.2) is 0 Å². The molecule has 128 valence electrons. The summed E-state index contributed by atoms with van der Waals surface area (Å²) in [6, 6.07) is 7.23. The fourth-order valence-electron chi connectivity index (χ4n) is 2.82. The minimum atomic E-state index is -0.0270. The molecule has 24 heavy (non-hydrogen) atoms. The van der Waals surface area contributed by atoms with Gasteiger partial charge in [-0.1, -0.05) is 6.07 Å². The number of rotatable bonds is 5. The SMILES string of the molecule is COc1cccc(OC)c1OC1CCN(C(=O)c2ccn[nH]2)CC1. The average molecular weight is 331 g/mol. The first-order chi connectivity index (χ1) is 11.7. The maximum absolute atomic E-state index is 12.3. The first-order valence-electron chi connectivity index (χ1n) is 7.89. The maximum Gasteiger partial charge on any atom is 0.271 e. The highest BCUT2D eigenvalue weighted by Crippen LogP contribution is 2.38. The van der Waals surface area contributed by atoms with Crippen molar-refractivity contribution in [1.29, 1.82) is 0 Å². The number of aromatic amines is 1. The molecule has 0 spiro atoms. The molecular weight excluding hydrogens is 310 g/mol. The molecule has 1 fully saturated rings. The Morgan fingerprint density at radius 1 is 1.17 bits per heavy atom. The van der Waals surface area contributed by atoms with Crippen LogP contribution in [0.1, 0.15) is 23.3 Å². The number of aromatic nitrogens is 2. The van der Waals surface area contributed by atoms with E-state index in [1.807, 2.05) is 23.1 Å². The average Bonchev–Trinajstić information content (AvgIpc) is 3.16. The van der Waals surface area contributed by atoms with Crippen LogP contribution in [0.3, 0.4) is 0 Å². The van der Waals surface area contributed by atoms with Gasteiger partial charge in [0, 0.05) is 32.1 Å². The van der Waals surface area contributed by atoms with Crippen LogP contribution in [0.5, 0.6) is 17.2 Å². The van der Waals surface area contributed by atoms with E-state index in [1.165, 1.54) is 0 Å². The van der Waals surface area contributed by atoms with Gasteiger partial charge in [0.15, 0.2) is 11.5 Å². The van der Waals surface area contributed by atoms with E-state index >= 15 is 0 Å². The second-order valence-corrected chi connectivity index (χ2v) is 5.57. The van der Waals surface area contributed by atoms with Crippen LogP contribution in [0.15, 0.2) is 30.5 Å². The Balaban J connectivity index is 1.63. The lowest BCUT2D eigenvalue weighted by Crippen LogP contribution is -2.42. The number of nitrogens with zero attached hydrogens (tertiary/aromatic N) is 2. The molecule has 1 amide bonds. The number of nitrogens with one attached hydrogen (secondary N) is 1. The minimum absolute atomic E-state index is 0.0148. The van der Waals surface area contributed by atoms with Crippen LogP contribution in [0.4, 0.5) is 0 Å². The number of amides is 1. The summed E-state index contributed by atoms with van der Waals surface area (Å²) in [5.41, 5.74) is 0.515. The van der Waals surface area contributed by atoms with Gasteiger partial charge in [0.25, 0.3) is 5.91 Å². The largest absolute Gasteiger partial charge is 0.493 e. The number of likely N-dealkylation sites (tertiary alicyclic amines) is 1. The second kappa shape index (κ2) is 7.25. The van der Waals surface area contributed by atoms with E-state index in [2.05, 4.69) is 10.2 Å². The molecule has 1 aromatic carbocycles. The van der Waals surface area contributed by atoms with Gasteiger partial charge in [-0.05, 0) is 18.2 Å². The van der Waals surface area contributed by atoms with Gasteiger partial charge in [-0.15, -0.1) is 0 Å². The monoisotopic (exact) mass is 331 g/mol. The van der Waals surface area contributed by atoms with E-state index in [0.29, 0.717) is 36.0 Å². The summed E-state index contributed by atoms with van der Waals surface area (Å²) < 4.78 is 16.8. The second-order valence-electron chi connectivity index (χ2n) is 5.57. The van der Waals surface area contributed by atoms with E-state index in [1.54, 1.807) is 26.5 Å². The zero-order valence-electron chi connectivity index (χ0n) is 13.8. The highest BCUT2D eigenvalue weighted by molar-refractivity contribution is 5.92. The quantitative estimate of drug-likeness (QED) is 0.908. The van der Waals surface area contributed by atoms with Gasteiger partial charge >= 0.3 is 0 Å². The molecule has 1 aliphatic heterocycles. The molecular formula is C17H21N3O4. The van der Waals surface area contributed by atoms with Crippen LogP contribution < -0.4 is 14.2 Å².